The number of hydrogen-bond acceptors (Lipinski definition) is 6. The van der Waals surface area contributed by atoms with Gasteiger partial charge in [0.2, 0.25) is 0 Å². The second kappa shape index (κ2) is 7.56. The van der Waals surface area contributed by atoms with Crippen LogP contribution in [0.3, 0.4) is 0 Å². The van der Waals surface area contributed by atoms with E-state index >= 15 is 0 Å². The van der Waals surface area contributed by atoms with E-state index in [-0.39, 0.29) is 0 Å². The van der Waals surface area contributed by atoms with Crippen molar-refractivity contribution in [2.24, 2.45) is 0 Å². The summed E-state index contributed by atoms with van der Waals surface area (Å²) in [5.41, 5.74) is 2.62. The van der Waals surface area contributed by atoms with E-state index in [1.807, 2.05) is 0 Å². The third-order valence-electron chi connectivity index (χ3n) is 5.83. The summed E-state index contributed by atoms with van der Waals surface area (Å²) in [5.74, 6) is 1.19. The standard InChI is InChI=1S/C19H31N5O/c1-14-11-24(12-15(2)25-14)16-5-9-23(10-6-16)19-17-3-7-20-8-4-18(17)21-13-22-19/h13-16,20H,3-12H2,1-2H3/t14-,15+. The van der Waals surface area contributed by atoms with Crippen molar-refractivity contribution in [2.75, 3.05) is 44.2 Å². The quantitative estimate of drug-likeness (QED) is 0.870. The second-order valence-corrected chi connectivity index (χ2v) is 7.80. The van der Waals surface area contributed by atoms with Gasteiger partial charge in [-0.3, -0.25) is 4.90 Å². The molecule has 6 heteroatoms. The van der Waals surface area contributed by atoms with Gasteiger partial charge in [-0.05, 0) is 39.7 Å². The summed E-state index contributed by atoms with van der Waals surface area (Å²) in [5, 5.41) is 3.48. The van der Waals surface area contributed by atoms with Crippen molar-refractivity contribution in [2.45, 2.75) is 57.8 Å². The smallest absolute Gasteiger partial charge is 0.135 e. The lowest BCUT2D eigenvalue weighted by atomic mass is 10.00. The van der Waals surface area contributed by atoms with Gasteiger partial charge in [-0.2, -0.15) is 0 Å². The molecule has 0 saturated carbocycles. The fraction of sp³-hybridized carbons (Fsp3) is 0.789. The SMILES string of the molecule is C[C@@H]1CN(C2CCN(c3ncnc4c3CCNCC4)CC2)C[C@H](C)O1. The number of morpholine rings is 1. The van der Waals surface area contributed by atoms with Gasteiger partial charge in [0.1, 0.15) is 12.1 Å². The minimum absolute atomic E-state index is 0.354. The van der Waals surface area contributed by atoms with Gasteiger partial charge in [0.25, 0.3) is 0 Å². The first-order valence-corrected chi connectivity index (χ1v) is 9.88. The second-order valence-electron chi connectivity index (χ2n) is 7.80. The molecule has 6 nitrogen and oxygen atoms in total. The molecule has 1 aromatic heterocycles. The molecule has 2 saturated heterocycles. The van der Waals surface area contributed by atoms with Gasteiger partial charge in [-0.25, -0.2) is 9.97 Å². The van der Waals surface area contributed by atoms with Crippen LogP contribution in [-0.4, -0.2) is 72.4 Å². The first-order valence-electron chi connectivity index (χ1n) is 9.88. The van der Waals surface area contributed by atoms with Gasteiger partial charge in [-0.1, -0.05) is 0 Å². The van der Waals surface area contributed by atoms with Crippen LogP contribution < -0.4 is 10.2 Å². The highest BCUT2D eigenvalue weighted by molar-refractivity contribution is 5.49. The summed E-state index contributed by atoms with van der Waals surface area (Å²) in [7, 11) is 0. The highest BCUT2D eigenvalue weighted by atomic mass is 16.5. The zero-order valence-corrected chi connectivity index (χ0v) is 15.6. The van der Waals surface area contributed by atoms with Crippen LogP contribution in [-0.2, 0) is 17.6 Å². The third-order valence-corrected chi connectivity index (χ3v) is 5.83. The Balaban J connectivity index is 1.42. The summed E-state index contributed by atoms with van der Waals surface area (Å²) in [6.45, 7) is 10.8. The number of anilines is 1. The number of nitrogens with one attached hydrogen (secondary N) is 1. The van der Waals surface area contributed by atoms with Gasteiger partial charge < -0.3 is 15.0 Å². The maximum Gasteiger partial charge on any atom is 0.135 e. The lowest BCUT2D eigenvalue weighted by Crippen LogP contribution is -2.53. The molecule has 25 heavy (non-hydrogen) atoms. The molecular weight excluding hydrogens is 314 g/mol. The Morgan fingerprint density at radius 2 is 1.76 bits per heavy atom. The van der Waals surface area contributed by atoms with Crippen LogP contribution in [0.5, 0.6) is 0 Å². The monoisotopic (exact) mass is 345 g/mol. The van der Waals surface area contributed by atoms with Crippen LogP contribution in [0.25, 0.3) is 0 Å². The molecule has 4 rings (SSSR count). The topological polar surface area (TPSA) is 53.5 Å². The molecule has 0 radical (unpaired) electrons. The molecule has 4 heterocycles. The average molecular weight is 345 g/mol. The Labute approximate surface area is 151 Å². The van der Waals surface area contributed by atoms with Crippen LogP contribution >= 0.6 is 0 Å². The molecule has 1 aromatic rings. The molecule has 2 atom stereocenters. The van der Waals surface area contributed by atoms with Gasteiger partial charge >= 0.3 is 0 Å². The molecule has 3 aliphatic rings. The maximum atomic E-state index is 5.90. The van der Waals surface area contributed by atoms with Crippen molar-refractivity contribution in [1.29, 1.82) is 0 Å². The maximum absolute atomic E-state index is 5.90. The van der Waals surface area contributed by atoms with Crippen LogP contribution in [0, 0.1) is 0 Å². The van der Waals surface area contributed by atoms with Gasteiger partial charge in [0, 0.05) is 50.7 Å². The Hall–Kier alpha value is -1.24. The van der Waals surface area contributed by atoms with Crippen LogP contribution in [0.2, 0.25) is 0 Å². The van der Waals surface area contributed by atoms with Gasteiger partial charge in [-0.15, -0.1) is 0 Å². The van der Waals surface area contributed by atoms with Crippen LogP contribution in [0.4, 0.5) is 5.82 Å². The molecule has 1 N–H and O–H groups in total. The molecule has 0 amide bonds. The first kappa shape index (κ1) is 17.2. The van der Waals surface area contributed by atoms with E-state index in [1.54, 1.807) is 6.33 Å². The van der Waals surface area contributed by atoms with Crippen molar-refractivity contribution >= 4 is 5.82 Å². The number of aromatic nitrogens is 2. The Kier molecular flexibility index (Phi) is 5.20. The number of hydrogen-bond donors (Lipinski definition) is 1. The average Bonchev–Trinajstić information content (AvgIpc) is 2.86. The summed E-state index contributed by atoms with van der Waals surface area (Å²) < 4.78 is 5.90. The van der Waals surface area contributed by atoms with Gasteiger partial charge in [0.15, 0.2) is 0 Å². The van der Waals surface area contributed by atoms with Crippen molar-refractivity contribution in [3.8, 4) is 0 Å². The van der Waals surface area contributed by atoms with E-state index < -0.39 is 0 Å². The fourth-order valence-corrected chi connectivity index (χ4v) is 4.69. The molecule has 138 valence electrons. The normalized spacial score (nSPS) is 29.3. The minimum atomic E-state index is 0.354. The molecule has 3 aliphatic heterocycles. The Morgan fingerprint density at radius 1 is 1.04 bits per heavy atom. The molecule has 2 fully saturated rings. The van der Waals surface area contributed by atoms with E-state index in [2.05, 4.69) is 38.9 Å². The largest absolute Gasteiger partial charge is 0.373 e. The number of rotatable bonds is 2. The van der Waals surface area contributed by atoms with Crippen molar-refractivity contribution in [3.63, 3.8) is 0 Å². The highest BCUT2D eigenvalue weighted by Crippen LogP contribution is 2.27. The minimum Gasteiger partial charge on any atom is -0.373 e. The molecule has 0 unspecified atom stereocenters. The molecule has 0 bridgehead atoms. The van der Waals surface area contributed by atoms with Crippen molar-refractivity contribution < 1.29 is 4.74 Å². The molecule has 0 aromatic carbocycles. The van der Waals surface area contributed by atoms with Gasteiger partial charge in [0.05, 0.1) is 17.9 Å². The first-order chi connectivity index (χ1) is 12.2. The predicted molar refractivity (Wildman–Crippen MR) is 99.1 cm³/mol. The lowest BCUT2D eigenvalue weighted by Gasteiger charge is -2.44. The zero-order chi connectivity index (χ0) is 17.2. The Bertz CT molecular complexity index is 577. The number of fused-ring (bicyclic) bond motifs is 1. The molecular formula is C19H31N5O. The molecule has 0 spiro atoms. The Morgan fingerprint density at radius 3 is 2.52 bits per heavy atom. The summed E-state index contributed by atoms with van der Waals surface area (Å²) in [6.07, 6.45) is 6.97. The van der Waals surface area contributed by atoms with Crippen LogP contribution in [0.1, 0.15) is 37.9 Å². The highest BCUT2D eigenvalue weighted by Gasteiger charge is 2.31. The van der Waals surface area contributed by atoms with Crippen LogP contribution in [0.15, 0.2) is 6.33 Å². The van der Waals surface area contributed by atoms with E-state index in [1.165, 1.54) is 29.9 Å². The number of nitrogens with zero attached hydrogens (tertiary/aromatic N) is 4. The third kappa shape index (κ3) is 3.81. The van der Waals surface area contributed by atoms with E-state index in [4.69, 9.17) is 4.74 Å². The fourth-order valence-electron chi connectivity index (χ4n) is 4.69. The van der Waals surface area contributed by atoms with E-state index in [0.717, 1.165) is 52.1 Å². The van der Waals surface area contributed by atoms with E-state index in [9.17, 15) is 0 Å². The number of piperidine rings is 1. The summed E-state index contributed by atoms with van der Waals surface area (Å²) in [4.78, 5) is 14.4. The predicted octanol–water partition coefficient (Wildman–Crippen LogP) is 1.24. The lowest BCUT2D eigenvalue weighted by molar-refractivity contribution is -0.0826. The molecule has 0 aliphatic carbocycles. The summed E-state index contributed by atoms with van der Waals surface area (Å²) >= 11 is 0. The van der Waals surface area contributed by atoms with Crippen molar-refractivity contribution in [1.82, 2.24) is 20.2 Å². The van der Waals surface area contributed by atoms with Crippen molar-refractivity contribution in [3.05, 3.63) is 17.6 Å². The summed E-state index contributed by atoms with van der Waals surface area (Å²) in [6, 6.07) is 0.687. The zero-order valence-electron chi connectivity index (χ0n) is 15.6. The number of ether oxygens (including phenoxy) is 1. The van der Waals surface area contributed by atoms with E-state index in [0.29, 0.717) is 18.2 Å².